The van der Waals surface area contributed by atoms with Crippen molar-refractivity contribution < 1.29 is 9.59 Å². The van der Waals surface area contributed by atoms with E-state index in [-0.39, 0.29) is 38.1 Å². The van der Waals surface area contributed by atoms with E-state index in [1.807, 2.05) is 72.8 Å². The summed E-state index contributed by atoms with van der Waals surface area (Å²) in [5.74, 6) is -0.195. The predicted molar refractivity (Wildman–Crippen MR) is 134 cm³/mol. The molecule has 0 unspecified atom stereocenters. The van der Waals surface area contributed by atoms with Gasteiger partial charge in [0.2, 0.25) is 0 Å². The fourth-order valence-corrected chi connectivity index (χ4v) is 10.2. The SMILES string of the molecule is O=C(NCc1cccnc1)c1ccccc1[Se][Se]c1ccccc1C(=O)NCc1cccnc1. The molecule has 0 aliphatic carbocycles. The number of carbonyl (C=O) groups excluding carboxylic acids is 2. The van der Waals surface area contributed by atoms with Crippen LogP contribution in [-0.2, 0) is 13.1 Å². The number of hydrogen-bond donors (Lipinski definition) is 2. The van der Waals surface area contributed by atoms with Crippen molar-refractivity contribution in [1.29, 1.82) is 0 Å². The molecule has 0 aliphatic rings. The average molecular weight is 580 g/mol. The zero-order chi connectivity index (χ0) is 23.6. The van der Waals surface area contributed by atoms with Crippen molar-refractivity contribution >= 4 is 47.0 Å². The monoisotopic (exact) mass is 582 g/mol. The minimum atomic E-state index is -0.0976. The third-order valence-corrected chi connectivity index (χ3v) is 12.1. The molecule has 34 heavy (non-hydrogen) atoms. The van der Waals surface area contributed by atoms with Gasteiger partial charge in [-0.05, 0) is 0 Å². The molecule has 170 valence electrons. The van der Waals surface area contributed by atoms with Gasteiger partial charge < -0.3 is 0 Å². The second kappa shape index (κ2) is 12.3. The molecule has 8 heteroatoms. The summed E-state index contributed by atoms with van der Waals surface area (Å²) in [6, 6.07) is 23.0. The second-order valence-electron chi connectivity index (χ2n) is 7.25. The van der Waals surface area contributed by atoms with E-state index in [9.17, 15) is 9.59 Å². The van der Waals surface area contributed by atoms with E-state index in [0.29, 0.717) is 24.2 Å². The first-order valence-corrected chi connectivity index (χ1v) is 16.6. The van der Waals surface area contributed by atoms with Gasteiger partial charge in [-0.2, -0.15) is 0 Å². The van der Waals surface area contributed by atoms with Crippen LogP contribution in [0.1, 0.15) is 31.8 Å². The van der Waals surface area contributed by atoms with Gasteiger partial charge in [0.05, 0.1) is 0 Å². The van der Waals surface area contributed by atoms with Crippen molar-refractivity contribution in [3.8, 4) is 0 Å². The summed E-state index contributed by atoms with van der Waals surface area (Å²) in [5, 5.41) is 5.97. The number of rotatable bonds is 9. The minimum absolute atomic E-state index is 0.0367. The van der Waals surface area contributed by atoms with Gasteiger partial charge in [0.1, 0.15) is 0 Å². The number of amides is 2. The number of carbonyl (C=O) groups is 2. The van der Waals surface area contributed by atoms with Crippen molar-refractivity contribution in [1.82, 2.24) is 20.6 Å². The summed E-state index contributed by atoms with van der Waals surface area (Å²) in [6.45, 7) is 0.859. The van der Waals surface area contributed by atoms with Crippen LogP contribution in [0.2, 0.25) is 0 Å². The van der Waals surface area contributed by atoms with Gasteiger partial charge >= 0.3 is 210 Å². The third-order valence-electron chi connectivity index (χ3n) is 4.84. The summed E-state index contributed by atoms with van der Waals surface area (Å²) in [4.78, 5) is 33.9. The maximum absolute atomic E-state index is 12.9. The quantitative estimate of drug-likeness (QED) is 0.295. The summed E-state index contributed by atoms with van der Waals surface area (Å²) >= 11 is 0.0734. The number of pyridine rings is 2. The van der Waals surface area contributed by atoms with Crippen LogP contribution >= 0.6 is 0 Å². The Morgan fingerprint density at radius 2 is 1.06 bits per heavy atom. The summed E-state index contributed by atoms with van der Waals surface area (Å²) in [5.41, 5.74) is 3.28. The van der Waals surface area contributed by atoms with Gasteiger partial charge in [-0.1, -0.05) is 0 Å². The van der Waals surface area contributed by atoms with Crippen LogP contribution in [0.4, 0.5) is 0 Å². The molecule has 0 spiro atoms. The van der Waals surface area contributed by atoms with Gasteiger partial charge in [-0.25, -0.2) is 0 Å². The molecule has 2 amide bonds. The molecule has 2 aromatic heterocycles. The van der Waals surface area contributed by atoms with Gasteiger partial charge in [0, 0.05) is 0 Å². The normalized spacial score (nSPS) is 10.5. The van der Waals surface area contributed by atoms with Crippen molar-refractivity contribution in [3.05, 3.63) is 120 Å². The van der Waals surface area contributed by atoms with Gasteiger partial charge in [-0.3, -0.25) is 0 Å². The van der Waals surface area contributed by atoms with Crippen LogP contribution in [0.3, 0.4) is 0 Å². The second-order valence-corrected chi connectivity index (χ2v) is 13.4. The standard InChI is InChI=1S/C26H22N4O2Se2/c31-25(29-17-19-7-5-13-27-15-19)21-9-1-3-11-23(21)33-34-24-12-4-2-10-22(24)26(32)30-18-20-8-6-14-28-16-20/h1-16H,17-18H2,(H,29,31)(H,30,32). The van der Waals surface area contributed by atoms with E-state index >= 15 is 0 Å². The van der Waals surface area contributed by atoms with Crippen LogP contribution < -0.4 is 19.6 Å². The molecule has 4 aromatic rings. The first kappa shape index (κ1) is 23.9. The molecule has 0 radical (unpaired) electrons. The number of hydrogen-bond acceptors (Lipinski definition) is 4. The number of aromatic nitrogens is 2. The summed E-state index contributed by atoms with van der Waals surface area (Å²) < 4.78 is 2.06. The van der Waals surface area contributed by atoms with Crippen molar-refractivity contribution in [3.63, 3.8) is 0 Å². The maximum atomic E-state index is 12.9. The van der Waals surface area contributed by atoms with Crippen LogP contribution in [-0.4, -0.2) is 48.0 Å². The Kier molecular flexibility index (Phi) is 8.60. The Balaban J connectivity index is 1.41. The van der Waals surface area contributed by atoms with Gasteiger partial charge in [-0.15, -0.1) is 0 Å². The van der Waals surface area contributed by atoms with Crippen LogP contribution in [0.5, 0.6) is 0 Å². The van der Waals surface area contributed by atoms with Crippen LogP contribution in [0.25, 0.3) is 0 Å². The molecule has 2 heterocycles. The van der Waals surface area contributed by atoms with Crippen molar-refractivity contribution in [2.24, 2.45) is 0 Å². The number of nitrogens with zero attached hydrogens (tertiary/aromatic N) is 2. The van der Waals surface area contributed by atoms with E-state index in [1.54, 1.807) is 24.8 Å². The Bertz CT molecular complexity index is 1150. The zero-order valence-corrected chi connectivity index (χ0v) is 21.6. The molecule has 0 atom stereocenters. The Hall–Kier alpha value is -3.28. The first-order chi connectivity index (χ1) is 16.7. The zero-order valence-electron chi connectivity index (χ0n) is 18.2. The summed E-state index contributed by atoms with van der Waals surface area (Å²) in [7, 11) is 0. The molecule has 6 nitrogen and oxygen atoms in total. The fraction of sp³-hybridized carbons (Fsp3) is 0.0769. The fourth-order valence-electron chi connectivity index (χ4n) is 3.10. The molecule has 4 rings (SSSR count). The van der Waals surface area contributed by atoms with E-state index in [1.165, 1.54) is 0 Å². The van der Waals surface area contributed by atoms with Gasteiger partial charge in [0.15, 0.2) is 0 Å². The first-order valence-electron chi connectivity index (χ1n) is 10.6. The van der Waals surface area contributed by atoms with E-state index in [0.717, 1.165) is 20.1 Å². The van der Waals surface area contributed by atoms with E-state index < -0.39 is 0 Å². The van der Waals surface area contributed by atoms with E-state index in [2.05, 4.69) is 20.6 Å². The third kappa shape index (κ3) is 6.62. The number of nitrogens with one attached hydrogen (secondary N) is 2. The Morgan fingerprint density at radius 3 is 1.47 bits per heavy atom. The molecule has 0 aliphatic heterocycles. The van der Waals surface area contributed by atoms with E-state index in [4.69, 9.17) is 0 Å². The topological polar surface area (TPSA) is 84.0 Å². The Labute approximate surface area is 209 Å². The average Bonchev–Trinajstić information content (AvgIpc) is 2.90. The van der Waals surface area contributed by atoms with Crippen LogP contribution in [0.15, 0.2) is 97.6 Å². The molecule has 0 bridgehead atoms. The molecular formula is C26H22N4O2Se2. The molecule has 0 saturated heterocycles. The van der Waals surface area contributed by atoms with Crippen LogP contribution in [0, 0.1) is 0 Å². The van der Waals surface area contributed by atoms with Crippen molar-refractivity contribution in [2.75, 3.05) is 0 Å². The molecule has 2 aromatic carbocycles. The molecule has 2 N–H and O–H groups in total. The van der Waals surface area contributed by atoms with Crippen molar-refractivity contribution in [2.45, 2.75) is 13.1 Å². The number of benzene rings is 2. The van der Waals surface area contributed by atoms with Gasteiger partial charge in [0.25, 0.3) is 0 Å². The Morgan fingerprint density at radius 1 is 0.618 bits per heavy atom. The molecule has 0 saturated carbocycles. The summed E-state index contributed by atoms with van der Waals surface area (Å²) in [6.07, 6.45) is 6.91. The predicted octanol–water partition coefficient (Wildman–Crippen LogP) is 1.61. The molecular weight excluding hydrogens is 558 g/mol. The molecule has 0 fully saturated rings.